The van der Waals surface area contributed by atoms with E-state index in [9.17, 15) is 0 Å². The molecule has 3 aromatic rings. The molecule has 0 unspecified atom stereocenters. The lowest BCUT2D eigenvalue weighted by molar-refractivity contribution is 0.316. The average Bonchev–Trinajstić information content (AvgIpc) is 3.19. The summed E-state index contributed by atoms with van der Waals surface area (Å²) in [6.07, 6.45) is 2.86. The molecule has 4 nitrogen and oxygen atoms in total. The van der Waals surface area contributed by atoms with Crippen molar-refractivity contribution in [2.45, 2.75) is 39.3 Å². The van der Waals surface area contributed by atoms with Gasteiger partial charge in [-0.15, -0.1) is 0 Å². The van der Waals surface area contributed by atoms with Gasteiger partial charge in [0.1, 0.15) is 0 Å². The second kappa shape index (κ2) is 8.17. The Kier molecular flexibility index (Phi) is 5.61. The first kappa shape index (κ1) is 19.9. The smallest absolute Gasteiger partial charge is 0.170 e. The molecule has 0 aliphatic carbocycles. The Morgan fingerprint density at radius 2 is 1.90 bits per heavy atom. The average molecular weight is 425 g/mol. The van der Waals surface area contributed by atoms with Crippen LogP contribution in [0.5, 0.6) is 0 Å². The highest BCUT2D eigenvalue weighted by Crippen LogP contribution is 2.41. The second-order valence-electron chi connectivity index (χ2n) is 7.43. The summed E-state index contributed by atoms with van der Waals surface area (Å²) >= 11 is 12.2. The van der Waals surface area contributed by atoms with Gasteiger partial charge in [-0.25, -0.2) is 0 Å². The van der Waals surface area contributed by atoms with Crippen LogP contribution in [0.4, 0.5) is 0 Å². The maximum absolute atomic E-state index is 6.52. The molecule has 1 aliphatic heterocycles. The molecular weight excluding hydrogens is 400 g/mol. The van der Waals surface area contributed by atoms with Crippen molar-refractivity contribution in [2.75, 3.05) is 6.54 Å². The number of thiocarbonyl (C=S) groups is 1. The number of rotatable bonds is 5. The molecule has 1 saturated heterocycles. The third kappa shape index (κ3) is 3.53. The molecule has 0 bridgehead atoms. The van der Waals surface area contributed by atoms with Gasteiger partial charge >= 0.3 is 0 Å². The number of para-hydroxylation sites is 1. The van der Waals surface area contributed by atoms with Crippen molar-refractivity contribution in [1.82, 2.24) is 19.8 Å². The molecule has 150 valence electrons. The van der Waals surface area contributed by atoms with Crippen LogP contribution in [0.1, 0.15) is 48.1 Å². The minimum Gasteiger partial charge on any atom is -0.352 e. The molecule has 1 aliphatic rings. The topological polar surface area (TPSA) is 33.1 Å². The summed E-state index contributed by atoms with van der Waals surface area (Å²) in [6.45, 7) is 7.36. The van der Waals surface area contributed by atoms with Crippen molar-refractivity contribution in [3.63, 3.8) is 0 Å². The quantitative estimate of drug-likeness (QED) is 0.546. The molecule has 0 radical (unpaired) electrons. The first-order chi connectivity index (χ1) is 14.0. The van der Waals surface area contributed by atoms with Crippen LogP contribution in [0, 0.1) is 13.8 Å². The zero-order valence-corrected chi connectivity index (χ0v) is 18.5. The zero-order valence-electron chi connectivity index (χ0n) is 16.9. The number of aryl methyl sites for hydroxylation is 1. The zero-order chi connectivity index (χ0) is 20.5. The van der Waals surface area contributed by atoms with E-state index in [0.717, 1.165) is 40.2 Å². The van der Waals surface area contributed by atoms with E-state index in [1.165, 1.54) is 11.3 Å². The Balaban J connectivity index is 1.85. The molecule has 0 amide bonds. The van der Waals surface area contributed by atoms with Crippen molar-refractivity contribution >= 4 is 28.9 Å². The Morgan fingerprint density at radius 1 is 1.14 bits per heavy atom. The largest absolute Gasteiger partial charge is 0.352 e. The van der Waals surface area contributed by atoms with E-state index >= 15 is 0 Å². The van der Waals surface area contributed by atoms with Crippen LogP contribution in [0.2, 0.25) is 5.02 Å². The lowest BCUT2D eigenvalue weighted by atomic mass is 9.96. The van der Waals surface area contributed by atoms with E-state index in [4.69, 9.17) is 23.8 Å². The van der Waals surface area contributed by atoms with Crippen LogP contribution >= 0.6 is 23.8 Å². The van der Waals surface area contributed by atoms with Gasteiger partial charge in [0.2, 0.25) is 0 Å². The monoisotopic (exact) mass is 424 g/mol. The number of nitrogens with zero attached hydrogens (tertiary/aromatic N) is 3. The number of hydrogen-bond acceptors (Lipinski definition) is 2. The third-order valence-electron chi connectivity index (χ3n) is 5.54. The Bertz CT molecular complexity index is 1030. The molecular formula is C23H25ClN4S. The first-order valence-corrected chi connectivity index (χ1v) is 10.7. The Hall–Kier alpha value is -2.37. The molecule has 1 N–H and O–H groups in total. The molecule has 2 aromatic heterocycles. The lowest BCUT2D eigenvalue weighted by Gasteiger charge is -2.27. The summed E-state index contributed by atoms with van der Waals surface area (Å²) < 4.78 is 2.23. The SMILES string of the molecule is CCCN1C(=S)N[C@@H](c2ccccn2)[C@H]1c1cc(C)n(-c2ccccc2Cl)c1C. The van der Waals surface area contributed by atoms with Crippen LogP contribution in [-0.4, -0.2) is 26.1 Å². The van der Waals surface area contributed by atoms with Crippen LogP contribution in [0.25, 0.3) is 5.69 Å². The number of benzene rings is 1. The molecule has 2 atom stereocenters. The number of hydrogen-bond donors (Lipinski definition) is 1. The summed E-state index contributed by atoms with van der Waals surface area (Å²) in [5, 5.41) is 5.05. The van der Waals surface area contributed by atoms with E-state index in [1.54, 1.807) is 0 Å². The fourth-order valence-corrected chi connectivity index (χ4v) is 4.87. The number of halogens is 1. The second-order valence-corrected chi connectivity index (χ2v) is 8.23. The van der Waals surface area contributed by atoms with Crippen molar-refractivity contribution in [3.05, 3.63) is 82.4 Å². The molecule has 3 heterocycles. The first-order valence-electron chi connectivity index (χ1n) is 9.94. The van der Waals surface area contributed by atoms with Gasteiger partial charge in [0.15, 0.2) is 5.11 Å². The maximum Gasteiger partial charge on any atom is 0.170 e. The Morgan fingerprint density at radius 3 is 2.59 bits per heavy atom. The van der Waals surface area contributed by atoms with Gasteiger partial charge in [0.05, 0.1) is 28.5 Å². The summed E-state index contributed by atoms with van der Waals surface area (Å²) in [5.41, 5.74) is 5.58. The van der Waals surface area contributed by atoms with Crippen molar-refractivity contribution < 1.29 is 0 Å². The van der Waals surface area contributed by atoms with Gasteiger partial charge in [0, 0.05) is 24.1 Å². The predicted molar refractivity (Wildman–Crippen MR) is 123 cm³/mol. The van der Waals surface area contributed by atoms with E-state index in [1.807, 2.05) is 36.5 Å². The highest BCUT2D eigenvalue weighted by Gasteiger charge is 2.40. The summed E-state index contributed by atoms with van der Waals surface area (Å²) in [4.78, 5) is 6.92. The summed E-state index contributed by atoms with van der Waals surface area (Å²) in [6, 6.07) is 16.4. The van der Waals surface area contributed by atoms with Crippen molar-refractivity contribution in [1.29, 1.82) is 0 Å². The van der Waals surface area contributed by atoms with Crippen molar-refractivity contribution in [3.8, 4) is 5.69 Å². The highest BCUT2D eigenvalue weighted by molar-refractivity contribution is 7.80. The minimum absolute atomic E-state index is 0.00967. The molecule has 29 heavy (non-hydrogen) atoms. The molecule has 0 saturated carbocycles. The van der Waals surface area contributed by atoms with Crippen LogP contribution in [-0.2, 0) is 0 Å². The van der Waals surface area contributed by atoms with E-state index in [2.05, 4.69) is 58.7 Å². The lowest BCUT2D eigenvalue weighted by Crippen LogP contribution is -2.30. The fraction of sp³-hybridized carbons (Fsp3) is 0.304. The van der Waals surface area contributed by atoms with Gasteiger partial charge in [-0.3, -0.25) is 4.98 Å². The van der Waals surface area contributed by atoms with E-state index in [-0.39, 0.29) is 12.1 Å². The van der Waals surface area contributed by atoms with Crippen LogP contribution < -0.4 is 5.32 Å². The van der Waals surface area contributed by atoms with Gasteiger partial charge in [-0.05, 0) is 68.4 Å². The minimum atomic E-state index is 0.00967. The number of pyridine rings is 1. The van der Waals surface area contributed by atoms with Crippen molar-refractivity contribution in [2.24, 2.45) is 0 Å². The van der Waals surface area contributed by atoms with Gasteiger partial charge in [-0.2, -0.15) is 0 Å². The number of aromatic nitrogens is 2. The Labute approximate surface area is 182 Å². The van der Waals surface area contributed by atoms with Gasteiger partial charge in [-0.1, -0.05) is 36.7 Å². The van der Waals surface area contributed by atoms with Gasteiger partial charge < -0.3 is 14.8 Å². The highest BCUT2D eigenvalue weighted by atomic mass is 35.5. The summed E-state index contributed by atoms with van der Waals surface area (Å²) in [5.74, 6) is 0. The molecule has 0 spiro atoms. The third-order valence-corrected chi connectivity index (χ3v) is 6.22. The molecule has 1 aromatic carbocycles. The molecule has 4 rings (SSSR count). The van der Waals surface area contributed by atoms with Crippen LogP contribution in [0.3, 0.4) is 0 Å². The maximum atomic E-state index is 6.52. The summed E-state index contributed by atoms with van der Waals surface area (Å²) in [7, 11) is 0. The molecule has 6 heteroatoms. The fourth-order valence-electron chi connectivity index (χ4n) is 4.32. The van der Waals surface area contributed by atoms with Crippen LogP contribution in [0.15, 0.2) is 54.7 Å². The normalized spacial score (nSPS) is 18.9. The van der Waals surface area contributed by atoms with E-state index < -0.39 is 0 Å². The van der Waals surface area contributed by atoms with Gasteiger partial charge in [0.25, 0.3) is 0 Å². The predicted octanol–water partition coefficient (Wildman–Crippen LogP) is 5.53. The molecule has 1 fully saturated rings. The standard InChI is InChI=1S/C23H25ClN4S/c1-4-13-27-22(21(26-23(27)29)19-10-7-8-12-25-19)17-14-15(2)28(16(17)3)20-11-6-5-9-18(20)24/h5-12,14,21-22H,4,13H2,1-3H3,(H,26,29)/t21-,22+/m0/s1. The van der Waals surface area contributed by atoms with E-state index in [0.29, 0.717) is 0 Å². The number of nitrogens with one attached hydrogen (secondary N) is 1.